The van der Waals surface area contributed by atoms with Crippen LogP contribution in [-0.4, -0.2) is 18.1 Å². The van der Waals surface area contributed by atoms with Gasteiger partial charge in [0, 0.05) is 0 Å². The Bertz CT molecular complexity index is 361. The summed E-state index contributed by atoms with van der Waals surface area (Å²) in [7, 11) is 0. The van der Waals surface area contributed by atoms with E-state index >= 15 is 0 Å². The van der Waals surface area contributed by atoms with Gasteiger partial charge in [-0.2, -0.15) is 26.3 Å². The highest BCUT2D eigenvalue weighted by Gasteiger charge is 2.60. The van der Waals surface area contributed by atoms with Crippen molar-refractivity contribution in [3.05, 3.63) is 24.2 Å². The number of hydrogen-bond donors (Lipinski definition) is 0. The van der Waals surface area contributed by atoms with Gasteiger partial charge in [-0.1, -0.05) is 0 Å². The minimum absolute atomic E-state index is 0.242. The van der Waals surface area contributed by atoms with Gasteiger partial charge < -0.3 is 4.42 Å². The molecule has 0 aromatic carbocycles. The van der Waals surface area contributed by atoms with Gasteiger partial charge in [-0.05, 0) is 12.1 Å². The van der Waals surface area contributed by atoms with Gasteiger partial charge in [0.2, 0.25) is 5.92 Å². The lowest BCUT2D eigenvalue weighted by Gasteiger charge is -2.21. The maximum atomic E-state index is 12.1. The molecule has 8 heteroatoms. The largest absolute Gasteiger partial charge is 0.469 e. The number of Topliss-reactive ketones (excluding diaryl/α,β-unsaturated/α-hetero) is 1. The molecule has 0 aliphatic rings. The molecule has 2 nitrogen and oxygen atoms in total. The Morgan fingerprint density at radius 2 is 1.71 bits per heavy atom. The molecule has 0 N–H and O–H groups in total. The average Bonchev–Trinajstić information content (AvgIpc) is 2.49. The second-order valence-electron chi connectivity index (χ2n) is 3.24. The van der Waals surface area contributed by atoms with Crippen LogP contribution in [0.5, 0.6) is 0 Å². The Labute approximate surface area is 91.2 Å². The van der Waals surface area contributed by atoms with Crippen LogP contribution in [0, 0.1) is 5.92 Å². The van der Waals surface area contributed by atoms with Gasteiger partial charge >= 0.3 is 12.4 Å². The highest BCUT2D eigenvalue weighted by molar-refractivity contribution is 5.84. The van der Waals surface area contributed by atoms with E-state index in [2.05, 4.69) is 4.42 Å². The van der Waals surface area contributed by atoms with Gasteiger partial charge in [0.25, 0.3) is 0 Å². The van der Waals surface area contributed by atoms with Crippen molar-refractivity contribution in [3.63, 3.8) is 0 Å². The predicted molar refractivity (Wildman–Crippen MR) is 43.0 cm³/mol. The van der Waals surface area contributed by atoms with E-state index in [1.807, 2.05) is 0 Å². The van der Waals surface area contributed by atoms with Gasteiger partial charge in [0.15, 0.2) is 5.78 Å². The number of furan rings is 1. The van der Waals surface area contributed by atoms with Gasteiger partial charge in [0.05, 0.1) is 12.7 Å². The molecule has 0 aliphatic carbocycles. The van der Waals surface area contributed by atoms with E-state index in [-0.39, 0.29) is 5.76 Å². The van der Waals surface area contributed by atoms with Gasteiger partial charge in [0.1, 0.15) is 5.76 Å². The zero-order chi connectivity index (χ0) is 13.3. The Hall–Kier alpha value is -1.47. The van der Waals surface area contributed by atoms with E-state index in [1.54, 1.807) is 0 Å². The summed E-state index contributed by atoms with van der Waals surface area (Å²) < 4.78 is 77.3. The summed E-state index contributed by atoms with van der Waals surface area (Å²) in [6, 6.07) is 2.39. The fraction of sp³-hybridized carbons (Fsp3) is 0.444. The van der Waals surface area contributed by atoms with E-state index in [9.17, 15) is 31.1 Å². The van der Waals surface area contributed by atoms with Gasteiger partial charge in [-0.3, -0.25) is 4.79 Å². The van der Waals surface area contributed by atoms with Crippen molar-refractivity contribution in [3.8, 4) is 0 Å². The minimum atomic E-state index is -5.65. The molecular weight excluding hydrogens is 254 g/mol. The first-order valence-electron chi connectivity index (χ1n) is 4.31. The Morgan fingerprint density at radius 1 is 1.18 bits per heavy atom. The molecule has 17 heavy (non-hydrogen) atoms. The zero-order valence-electron chi connectivity index (χ0n) is 8.10. The molecule has 0 spiro atoms. The molecule has 96 valence electrons. The second-order valence-corrected chi connectivity index (χ2v) is 3.24. The molecule has 1 heterocycles. The monoisotopic (exact) mass is 260 g/mol. The number of ketones is 1. The smallest absolute Gasteiger partial charge is 0.407 e. The number of carbonyl (C=O) groups excluding carboxylic acids is 1. The number of halogens is 6. The van der Waals surface area contributed by atoms with Crippen LogP contribution in [-0.2, 0) is 11.2 Å². The normalized spacial score (nSPS) is 13.1. The molecule has 0 bridgehead atoms. The van der Waals surface area contributed by atoms with E-state index in [1.165, 1.54) is 6.07 Å². The van der Waals surface area contributed by atoms with Crippen molar-refractivity contribution >= 4 is 5.78 Å². The molecule has 1 aromatic rings. The summed E-state index contributed by atoms with van der Waals surface area (Å²) in [5, 5.41) is 0. The van der Waals surface area contributed by atoms with Crippen molar-refractivity contribution in [1.82, 2.24) is 0 Å². The van der Waals surface area contributed by atoms with Crippen molar-refractivity contribution in [2.75, 3.05) is 0 Å². The van der Waals surface area contributed by atoms with Crippen LogP contribution >= 0.6 is 0 Å². The first kappa shape index (κ1) is 13.6. The summed E-state index contributed by atoms with van der Waals surface area (Å²) in [6.45, 7) is 0. The molecule has 0 atom stereocenters. The average molecular weight is 260 g/mol. The van der Waals surface area contributed by atoms with Crippen LogP contribution in [0.1, 0.15) is 5.76 Å². The van der Waals surface area contributed by atoms with Crippen LogP contribution in [0.3, 0.4) is 0 Å². The fourth-order valence-corrected chi connectivity index (χ4v) is 1.24. The van der Waals surface area contributed by atoms with Gasteiger partial charge in [-0.15, -0.1) is 0 Å². The molecule has 0 amide bonds. The molecule has 1 aromatic heterocycles. The van der Waals surface area contributed by atoms with Crippen molar-refractivity contribution in [2.45, 2.75) is 18.8 Å². The minimum Gasteiger partial charge on any atom is -0.469 e. The number of rotatable bonds is 3. The molecule has 0 aliphatic heterocycles. The van der Waals surface area contributed by atoms with Crippen molar-refractivity contribution < 1.29 is 35.6 Å². The van der Waals surface area contributed by atoms with E-state index in [4.69, 9.17) is 0 Å². The van der Waals surface area contributed by atoms with Crippen molar-refractivity contribution in [1.29, 1.82) is 0 Å². The highest BCUT2D eigenvalue weighted by atomic mass is 19.4. The Kier molecular flexibility index (Phi) is 3.53. The lowest BCUT2D eigenvalue weighted by Crippen LogP contribution is -2.43. The lowest BCUT2D eigenvalue weighted by molar-refractivity contribution is -0.273. The number of alkyl halides is 6. The first-order chi connectivity index (χ1) is 7.62. The highest BCUT2D eigenvalue weighted by Crippen LogP contribution is 2.40. The summed E-state index contributed by atoms with van der Waals surface area (Å²) in [5.41, 5.74) is 0. The molecular formula is C9H6F6O2. The summed E-state index contributed by atoms with van der Waals surface area (Å²) in [5.74, 6) is -6.20. The molecule has 1 rings (SSSR count). The Balaban J connectivity index is 2.89. The lowest BCUT2D eigenvalue weighted by atomic mass is 9.99. The number of hydrogen-bond acceptors (Lipinski definition) is 2. The maximum Gasteiger partial charge on any atom is 0.407 e. The van der Waals surface area contributed by atoms with Crippen LogP contribution in [0.4, 0.5) is 26.3 Å². The van der Waals surface area contributed by atoms with Crippen LogP contribution in [0.15, 0.2) is 22.8 Å². The molecule has 0 saturated heterocycles. The van der Waals surface area contributed by atoms with Crippen molar-refractivity contribution in [2.24, 2.45) is 5.92 Å². The first-order valence-corrected chi connectivity index (χ1v) is 4.31. The van der Waals surface area contributed by atoms with E-state index < -0.39 is 30.5 Å². The van der Waals surface area contributed by atoms with Crippen LogP contribution in [0.25, 0.3) is 0 Å². The molecule has 0 unspecified atom stereocenters. The fourth-order valence-electron chi connectivity index (χ4n) is 1.24. The van der Waals surface area contributed by atoms with Gasteiger partial charge in [-0.25, -0.2) is 0 Å². The Morgan fingerprint density at radius 3 is 2.06 bits per heavy atom. The summed E-state index contributed by atoms with van der Waals surface area (Å²) in [6.07, 6.45) is -11.3. The third kappa shape index (κ3) is 3.50. The number of carbonyl (C=O) groups is 1. The predicted octanol–water partition coefficient (Wildman–Crippen LogP) is 3.13. The second kappa shape index (κ2) is 4.42. The SMILES string of the molecule is O=C(Cc1ccco1)C(C(F)(F)F)C(F)(F)F. The summed E-state index contributed by atoms with van der Waals surface area (Å²) in [4.78, 5) is 11.0. The standard InChI is InChI=1S/C9H6F6O2/c10-8(11,12)7(9(13,14)15)6(16)4-5-2-1-3-17-5/h1-3,7H,4H2. The molecule has 0 saturated carbocycles. The van der Waals surface area contributed by atoms with Crippen LogP contribution < -0.4 is 0 Å². The molecule has 0 radical (unpaired) electrons. The van der Waals surface area contributed by atoms with E-state index in [0.29, 0.717) is 0 Å². The maximum absolute atomic E-state index is 12.1. The molecule has 0 fully saturated rings. The topological polar surface area (TPSA) is 30.2 Å². The third-order valence-electron chi connectivity index (χ3n) is 1.91. The quantitative estimate of drug-likeness (QED) is 0.781. The van der Waals surface area contributed by atoms with E-state index in [0.717, 1.165) is 12.3 Å². The zero-order valence-corrected chi connectivity index (χ0v) is 8.10. The third-order valence-corrected chi connectivity index (χ3v) is 1.91. The van der Waals surface area contributed by atoms with Crippen LogP contribution in [0.2, 0.25) is 0 Å². The summed E-state index contributed by atoms with van der Waals surface area (Å²) >= 11 is 0.